The number of benzene rings is 1. The van der Waals surface area contributed by atoms with Crippen LogP contribution in [0.15, 0.2) is 23.1 Å². The zero-order valence-corrected chi connectivity index (χ0v) is 12.3. The number of aromatic carboxylic acids is 1. The van der Waals surface area contributed by atoms with E-state index in [1.165, 1.54) is 16.4 Å². The molecule has 0 amide bonds. The van der Waals surface area contributed by atoms with Crippen molar-refractivity contribution < 1.29 is 28.2 Å². The first-order chi connectivity index (χ1) is 9.86. The van der Waals surface area contributed by atoms with E-state index in [-0.39, 0.29) is 36.8 Å². The molecule has 0 aliphatic carbocycles. The normalized spacial score (nSPS) is 20.4. The van der Waals surface area contributed by atoms with Crippen LogP contribution in [0.2, 0.25) is 0 Å². The molecule has 1 aromatic rings. The van der Waals surface area contributed by atoms with Gasteiger partial charge in [0, 0.05) is 13.1 Å². The van der Waals surface area contributed by atoms with Gasteiger partial charge in [-0.15, -0.1) is 0 Å². The molecule has 7 nitrogen and oxygen atoms in total. The molecule has 8 heteroatoms. The smallest absolute Gasteiger partial charge is 0.335 e. The van der Waals surface area contributed by atoms with Gasteiger partial charge in [-0.25, -0.2) is 13.2 Å². The molecule has 1 saturated heterocycles. The number of aryl methyl sites for hydroxylation is 1. The molecule has 0 spiro atoms. The third-order valence-electron chi connectivity index (χ3n) is 3.36. The molecule has 2 rings (SSSR count). The Morgan fingerprint density at radius 1 is 1.48 bits per heavy atom. The van der Waals surface area contributed by atoms with Gasteiger partial charge < -0.3 is 14.9 Å². The Kier molecular flexibility index (Phi) is 4.62. The third-order valence-corrected chi connectivity index (χ3v) is 5.37. The summed E-state index contributed by atoms with van der Waals surface area (Å²) in [5, 5.41) is 18.1. The maximum atomic E-state index is 12.6. The molecule has 0 aromatic heterocycles. The van der Waals surface area contributed by atoms with Crippen molar-refractivity contribution in [2.45, 2.75) is 17.9 Å². The SMILES string of the molecule is Cc1ccc(C(=O)O)cc1S(=O)(=O)N1CCOC(CO)C1. The van der Waals surface area contributed by atoms with Gasteiger partial charge in [0.25, 0.3) is 0 Å². The molecular formula is C13H17NO6S. The second-order valence-corrected chi connectivity index (χ2v) is 6.73. The predicted octanol–water partition coefficient (Wildman–Crippen LogP) is 0.0750. The van der Waals surface area contributed by atoms with Crippen LogP contribution in [0.25, 0.3) is 0 Å². The Hall–Kier alpha value is -1.48. The number of rotatable bonds is 4. The van der Waals surface area contributed by atoms with Gasteiger partial charge in [0.2, 0.25) is 10.0 Å². The van der Waals surface area contributed by atoms with Gasteiger partial charge in [0.1, 0.15) is 0 Å². The Morgan fingerprint density at radius 2 is 2.19 bits per heavy atom. The highest BCUT2D eigenvalue weighted by Gasteiger charge is 2.31. The fourth-order valence-electron chi connectivity index (χ4n) is 2.17. The van der Waals surface area contributed by atoms with Crippen LogP contribution >= 0.6 is 0 Å². The van der Waals surface area contributed by atoms with Crippen LogP contribution < -0.4 is 0 Å². The topological polar surface area (TPSA) is 104 Å². The van der Waals surface area contributed by atoms with Gasteiger partial charge in [0.05, 0.1) is 29.8 Å². The van der Waals surface area contributed by atoms with E-state index in [2.05, 4.69) is 0 Å². The van der Waals surface area contributed by atoms with E-state index in [0.29, 0.717) is 5.56 Å². The maximum Gasteiger partial charge on any atom is 0.335 e. The minimum Gasteiger partial charge on any atom is -0.478 e. The average molecular weight is 315 g/mol. The maximum absolute atomic E-state index is 12.6. The largest absolute Gasteiger partial charge is 0.478 e. The number of ether oxygens (including phenoxy) is 1. The molecule has 1 fully saturated rings. The fraction of sp³-hybridized carbons (Fsp3) is 0.462. The molecule has 0 radical (unpaired) electrons. The Balaban J connectivity index is 2.39. The van der Waals surface area contributed by atoms with Gasteiger partial charge in [0.15, 0.2) is 0 Å². The quantitative estimate of drug-likeness (QED) is 0.815. The predicted molar refractivity (Wildman–Crippen MR) is 73.7 cm³/mol. The van der Waals surface area contributed by atoms with Gasteiger partial charge in [-0.05, 0) is 24.6 Å². The standard InChI is InChI=1S/C13H17NO6S/c1-9-2-3-10(13(16)17)6-12(9)21(18,19)14-4-5-20-11(7-14)8-15/h2-3,6,11,15H,4-5,7-8H2,1H3,(H,16,17). The number of hydrogen-bond donors (Lipinski definition) is 2. The number of aliphatic hydroxyl groups is 1. The van der Waals surface area contributed by atoms with Crippen molar-refractivity contribution in [3.8, 4) is 0 Å². The van der Waals surface area contributed by atoms with Gasteiger partial charge in [-0.2, -0.15) is 4.31 Å². The highest BCUT2D eigenvalue weighted by atomic mass is 32.2. The highest BCUT2D eigenvalue weighted by Crippen LogP contribution is 2.23. The minimum atomic E-state index is -3.81. The molecule has 1 aromatic carbocycles. The van der Waals surface area contributed by atoms with E-state index in [4.69, 9.17) is 14.9 Å². The van der Waals surface area contributed by atoms with Crippen molar-refractivity contribution in [3.05, 3.63) is 29.3 Å². The summed E-state index contributed by atoms with van der Waals surface area (Å²) in [6, 6.07) is 4.00. The number of nitrogens with zero attached hydrogens (tertiary/aromatic N) is 1. The lowest BCUT2D eigenvalue weighted by atomic mass is 10.1. The van der Waals surface area contributed by atoms with E-state index in [0.717, 1.165) is 6.07 Å². The molecule has 21 heavy (non-hydrogen) atoms. The zero-order valence-electron chi connectivity index (χ0n) is 11.5. The summed E-state index contributed by atoms with van der Waals surface area (Å²) in [6.45, 7) is 1.77. The lowest BCUT2D eigenvalue weighted by molar-refractivity contribution is -0.0304. The van der Waals surface area contributed by atoms with E-state index in [9.17, 15) is 13.2 Å². The molecule has 1 unspecified atom stereocenters. The molecule has 1 aliphatic rings. The van der Waals surface area contributed by atoms with Crippen LogP contribution in [-0.4, -0.2) is 61.3 Å². The number of aliphatic hydroxyl groups excluding tert-OH is 1. The van der Waals surface area contributed by atoms with Gasteiger partial charge in [-0.3, -0.25) is 0 Å². The molecule has 1 heterocycles. The van der Waals surface area contributed by atoms with Crippen LogP contribution in [0, 0.1) is 6.92 Å². The summed E-state index contributed by atoms with van der Waals surface area (Å²) in [5.74, 6) is -1.18. The van der Waals surface area contributed by atoms with E-state index in [1.807, 2.05) is 0 Å². The van der Waals surface area contributed by atoms with E-state index >= 15 is 0 Å². The zero-order chi connectivity index (χ0) is 15.6. The van der Waals surface area contributed by atoms with Crippen LogP contribution in [0.1, 0.15) is 15.9 Å². The van der Waals surface area contributed by atoms with E-state index < -0.39 is 22.1 Å². The summed E-state index contributed by atoms with van der Waals surface area (Å²) in [6.07, 6.45) is -0.559. The molecule has 116 valence electrons. The summed E-state index contributed by atoms with van der Waals surface area (Å²) in [7, 11) is -3.81. The second-order valence-electron chi connectivity index (χ2n) is 4.82. The summed E-state index contributed by atoms with van der Waals surface area (Å²) in [4.78, 5) is 11.0. The van der Waals surface area contributed by atoms with Crippen LogP contribution in [0.5, 0.6) is 0 Å². The summed E-state index contributed by atoms with van der Waals surface area (Å²) < 4.78 is 31.7. The summed E-state index contributed by atoms with van der Waals surface area (Å²) >= 11 is 0. The lowest BCUT2D eigenvalue weighted by Crippen LogP contribution is -2.46. The van der Waals surface area contributed by atoms with Gasteiger partial charge >= 0.3 is 5.97 Å². The minimum absolute atomic E-state index is 0.0269. The van der Waals surface area contributed by atoms with Crippen molar-refractivity contribution in [2.24, 2.45) is 0 Å². The second kappa shape index (κ2) is 6.10. The summed E-state index contributed by atoms with van der Waals surface area (Å²) in [5.41, 5.74) is 0.401. The van der Waals surface area contributed by atoms with Crippen molar-refractivity contribution >= 4 is 16.0 Å². The van der Waals surface area contributed by atoms with Crippen molar-refractivity contribution in [3.63, 3.8) is 0 Å². The first-order valence-electron chi connectivity index (χ1n) is 6.43. The molecule has 0 bridgehead atoms. The number of hydrogen-bond acceptors (Lipinski definition) is 5. The third kappa shape index (κ3) is 3.24. The number of carboxylic acid groups (broad SMARTS) is 1. The number of morpholine rings is 1. The fourth-order valence-corrected chi connectivity index (χ4v) is 3.88. The molecule has 0 saturated carbocycles. The highest BCUT2D eigenvalue weighted by molar-refractivity contribution is 7.89. The number of carbonyl (C=O) groups is 1. The van der Waals surface area contributed by atoms with Crippen molar-refractivity contribution in [2.75, 3.05) is 26.3 Å². The first-order valence-corrected chi connectivity index (χ1v) is 7.87. The molecule has 1 aliphatic heterocycles. The molecule has 1 atom stereocenters. The van der Waals surface area contributed by atoms with Crippen LogP contribution in [-0.2, 0) is 14.8 Å². The van der Waals surface area contributed by atoms with Crippen LogP contribution in [0.3, 0.4) is 0 Å². The Labute approximate surface area is 122 Å². The van der Waals surface area contributed by atoms with Gasteiger partial charge in [-0.1, -0.05) is 6.07 Å². The molecule has 2 N–H and O–H groups in total. The Morgan fingerprint density at radius 3 is 2.81 bits per heavy atom. The van der Waals surface area contributed by atoms with Crippen molar-refractivity contribution in [1.82, 2.24) is 4.31 Å². The van der Waals surface area contributed by atoms with Crippen molar-refractivity contribution in [1.29, 1.82) is 0 Å². The first kappa shape index (κ1) is 15.9. The number of carboxylic acids is 1. The molecular weight excluding hydrogens is 298 g/mol. The lowest BCUT2D eigenvalue weighted by Gasteiger charge is -2.31. The van der Waals surface area contributed by atoms with Crippen LogP contribution in [0.4, 0.5) is 0 Å². The monoisotopic (exact) mass is 315 g/mol. The van der Waals surface area contributed by atoms with E-state index in [1.54, 1.807) is 6.92 Å². The average Bonchev–Trinajstić information content (AvgIpc) is 2.47. The Bertz CT molecular complexity index is 642. The number of sulfonamides is 1.